The molecule has 0 aliphatic heterocycles. The number of hydrogen-bond donors (Lipinski definition) is 1. The fourth-order valence-electron chi connectivity index (χ4n) is 2.34. The van der Waals surface area contributed by atoms with Gasteiger partial charge in [0.1, 0.15) is 5.82 Å². The van der Waals surface area contributed by atoms with E-state index < -0.39 is 4.92 Å². The molecule has 0 spiro atoms. The van der Waals surface area contributed by atoms with Crippen LogP contribution in [0.4, 0.5) is 28.7 Å². The van der Waals surface area contributed by atoms with E-state index in [-0.39, 0.29) is 11.5 Å². The molecule has 0 saturated carbocycles. The molecule has 126 valence electrons. The van der Waals surface area contributed by atoms with Gasteiger partial charge in [-0.1, -0.05) is 17.7 Å². The maximum Gasteiger partial charge on any atom is 0.311 e. The molecule has 2 heterocycles. The predicted octanol–water partition coefficient (Wildman–Crippen LogP) is 4.20. The largest absolute Gasteiger partial charge is 0.334 e. The van der Waals surface area contributed by atoms with Crippen LogP contribution in [0.25, 0.3) is 0 Å². The highest BCUT2D eigenvalue weighted by atomic mass is 16.6. The van der Waals surface area contributed by atoms with E-state index in [9.17, 15) is 10.1 Å². The van der Waals surface area contributed by atoms with Gasteiger partial charge < -0.3 is 10.2 Å². The fraction of sp³-hybridized carbons (Fsp3) is 0.111. The highest BCUT2D eigenvalue weighted by Crippen LogP contribution is 2.30. The van der Waals surface area contributed by atoms with Crippen molar-refractivity contribution >= 4 is 28.7 Å². The van der Waals surface area contributed by atoms with Crippen molar-refractivity contribution in [3.8, 4) is 0 Å². The van der Waals surface area contributed by atoms with E-state index in [0.717, 1.165) is 16.9 Å². The number of nitro groups is 1. The molecule has 0 saturated heterocycles. The summed E-state index contributed by atoms with van der Waals surface area (Å²) in [4.78, 5) is 21.1. The van der Waals surface area contributed by atoms with Gasteiger partial charge in [0, 0.05) is 36.9 Å². The van der Waals surface area contributed by atoms with Crippen LogP contribution in [-0.2, 0) is 0 Å². The molecular weight excluding hydrogens is 318 g/mol. The number of nitrogens with one attached hydrogen (secondary N) is 1. The van der Waals surface area contributed by atoms with E-state index in [1.807, 2.05) is 55.3 Å². The maximum absolute atomic E-state index is 11.3. The molecule has 7 nitrogen and oxygen atoms in total. The van der Waals surface area contributed by atoms with Crippen LogP contribution in [0.15, 0.2) is 60.9 Å². The summed E-state index contributed by atoms with van der Waals surface area (Å²) in [7, 11) is 1.85. The molecule has 0 fully saturated rings. The molecule has 0 bridgehead atoms. The van der Waals surface area contributed by atoms with E-state index in [1.54, 1.807) is 18.5 Å². The lowest BCUT2D eigenvalue weighted by molar-refractivity contribution is -0.384. The summed E-state index contributed by atoms with van der Waals surface area (Å²) < 4.78 is 0. The smallest absolute Gasteiger partial charge is 0.311 e. The van der Waals surface area contributed by atoms with Gasteiger partial charge >= 0.3 is 5.69 Å². The number of nitrogens with zero attached hydrogens (tertiary/aromatic N) is 4. The molecule has 0 unspecified atom stereocenters. The first-order chi connectivity index (χ1) is 12.0. The number of hydrogen-bond acceptors (Lipinski definition) is 6. The maximum atomic E-state index is 11.3. The summed E-state index contributed by atoms with van der Waals surface area (Å²) in [5, 5.41) is 14.4. The van der Waals surface area contributed by atoms with Gasteiger partial charge in [-0.05, 0) is 37.3 Å². The summed E-state index contributed by atoms with van der Waals surface area (Å²) in [6, 6.07) is 14.4. The van der Waals surface area contributed by atoms with Crippen LogP contribution in [0.1, 0.15) is 5.56 Å². The minimum atomic E-state index is -0.445. The van der Waals surface area contributed by atoms with Crippen molar-refractivity contribution in [2.24, 2.45) is 0 Å². The summed E-state index contributed by atoms with van der Waals surface area (Å²) in [5.74, 6) is 0.790. The zero-order valence-corrected chi connectivity index (χ0v) is 13.9. The standard InChI is InChI=1S/C18H17N5O2/c1-13-3-5-14(6-4-13)20-18-16(23(24)25)7-8-17(21-18)22(2)15-9-11-19-12-10-15/h3-12H,1-2H3,(H,20,21). The zero-order valence-electron chi connectivity index (χ0n) is 13.9. The average molecular weight is 335 g/mol. The molecule has 0 radical (unpaired) electrons. The predicted molar refractivity (Wildman–Crippen MR) is 97.7 cm³/mol. The van der Waals surface area contributed by atoms with Gasteiger partial charge in [0.05, 0.1) is 4.92 Å². The van der Waals surface area contributed by atoms with Crippen LogP contribution in [0.5, 0.6) is 0 Å². The van der Waals surface area contributed by atoms with Gasteiger partial charge in [-0.15, -0.1) is 0 Å². The Morgan fingerprint density at radius 2 is 1.72 bits per heavy atom. The molecule has 0 atom stereocenters. The van der Waals surface area contributed by atoms with Crippen LogP contribution in [0, 0.1) is 17.0 Å². The van der Waals surface area contributed by atoms with Gasteiger partial charge in [0.2, 0.25) is 5.82 Å². The molecule has 1 aromatic carbocycles. The van der Waals surface area contributed by atoms with Gasteiger partial charge in [-0.25, -0.2) is 4.98 Å². The van der Waals surface area contributed by atoms with Crippen molar-refractivity contribution < 1.29 is 4.92 Å². The van der Waals surface area contributed by atoms with Gasteiger partial charge in [0.15, 0.2) is 0 Å². The van der Waals surface area contributed by atoms with Crippen LogP contribution in [-0.4, -0.2) is 21.9 Å². The third-order valence-corrected chi connectivity index (χ3v) is 3.76. The molecule has 3 aromatic rings. The molecule has 7 heteroatoms. The lowest BCUT2D eigenvalue weighted by atomic mass is 10.2. The van der Waals surface area contributed by atoms with Gasteiger partial charge in [0.25, 0.3) is 0 Å². The fourth-order valence-corrected chi connectivity index (χ4v) is 2.34. The Morgan fingerprint density at radius 1 is 1.04 bits per heavy atom. The summed E-state index contributed by atoms with van der Waals surface area (Å²) in [6.45, 7) is 1.98. The first-order valence-corrected chi connectivity index (χ1v) is 7.67. The topological polar surface area (TPSA) is 84.2 Å². The van der Waals surface area contributed by atoms with Crippen LogP contribution in [0.3, 0.4) is 0 Å². The molecule has 1 N–H and O–H groups in total. The summed E-state index contributed by atoms with van der Waals surface area (Å²) in [5.41, 5.74) is 2.66. The summed E-state index contributed by atoms with van der Waals surface area (Å²) in [6.07, 6.45) is 3.37. The molecule has 25 heavy (non-hydrogen) atoms. The van der Waals surface area contributed by atoms with E-state index in [1.165, 1.54) is 6.07 Å². The SMILES string of the molecule is Cc1ccc(Nc2nc(N(C)c3ccncc3)ccc2[N+](=O)[O-])cc1. The van der Waals surface area contributed by atoms with Crippen molar-refractivity contribution in [2.45, 2.75) is 6.92 Å². The molecular formula is C18H17N5O2. The second-order valence-corrected chi connectivity index (χ2v) is 5.55. The Labute approximate surface area is 145 Å². The Morgan fingerprint density at radius 3 is 2.36 bits per heavy atom. The number of aryl methyl sites for hydroxylation is 1. The van der Waals surface area contributed by atoms with Crippen molar-refractivity contribution in [3.05, 3.63) is 76.6 Å². The van der Waals surface area contributed by atoms with Gasteiger partial charge in [-0.2, -0.15) is 0 Å². The molecule has 0 amide bonds. The van der Waals surface area contributed by atoms with E-state index in [0.29, 0.717) is 5.82 Å². The lowest BCUT2D eigenvalue weighted by Gasteiger charge is -2.19. The summed E-state index contributed by atoms with van der Waals surface area (Å²) >= 11 is 0. The highest BCUT2D eigenvalue weighted by molar-refractivity contribution is 5.70. The van der Waals surface area contributed by atoms with Crippen molar-refractivity contribution in [3.63, 3.8) is 0 Å². The number of rotatable bonds is 5. The Bertz CT molecular complexity index is 882. The Hall–Kier alpha value is -3.48. The van der Waals surface area contributed by atoms with Crippen LogP contribution < -0.4 is 10.2 Å². The van der Waals surface area contributed by atoms with Crippen molar-refractivity contribution in [2.75, 3.05) is 17.3 Å². The number of aromatic nitrogens is 2. The Kier molecular flexibility index (Phi) is 4.56. The van der Waals surface area contributed by atoms with Crippen LogP contribution >= 0.6 is 0 Å². The third-order valence-electron chi connectivity index (χ3n) is 3.76. The number of anilines is 4. The van der Waals surface area contributed by atoms with Crippen molar-refractivity contribution in [1.82, 2.24) is 9.97 Å². The monoisotopic (exact) mass is 335 g/mol. The average Bonchev–Trinajstić information content (AvgIpc) is 2.63. The third kappa shape index (κ3) is 3.72. The first kappa shape index (κ1) is 16.4. The Balaban J connectivity index is 1.97. The quantitative estimate of drug-likeness (QED) is 0.555. The second kappa shape index (κ2) is 6.96. The minimum Gasteiger partial charge on any atom is -0.334 e. The van der Waals surface area contributed by atoms with Gasteiger partial charge in [-0.3, -0.25) is 15.1 Å². The van der Waals surface area contributed by atoms with Crippen LogP contribution in [0.2, 0.25) is 0 Å². The molecule has 0 aliphatic rings. The normalized spacial score (nSPS) is 10.3. The number of benzene rings is 1. The lowest BCUT2D eigenvalue weighted by Crippen LogP contribution is -2.12. The molecule has 0 aliphatic carbocycles. The first-order valence-electron chi connectivity index (χ1n) is 7.67. The van der Waals surface area contributed by atoms with E-state index >= 15 is 0 Å². The second-order valence-electron chi connectivity index (χ2n) is 5.55. The molecule has 2 aromatic heterocycles. The number of pyridine rings is 2. The minimum absolute atomic E-state index is 0.0764. The van der Waals surface area contributed by atoms with Crippen molar-refractivity contribution in [1.29, 1.82) is 0 Å². The molecule has 3 rings (SSSR count). The highest BCUT2D eigenvalue weighted by Gasteiger charge is 2.18. The zero-order chi connectivity index (χ0) is 17.8. The van der Waals surface area contributed by atoms with E-state index in [2.05, 4.69) is 15.3 Å². The van der Waals surface area contributed by atoms with E-state index in [4.69, 9.17) is 0 Å².